The van der Waals surface area contributed by atoms with E-state index in [0.717, 1.165) is 17.7 Å². The summed E-state index contributed by atoms with van der Waals surface area (Å²) in [6.07, 6.45) is 1.52. The van der Waals surface area contributed by atoms with Crippen molar-refractivity contribution in [1.82, 2.24) is 0 Å². The topological polar surface area (TPSA) is 69.2 Å². The third kappa shape index (κ3) is 2.87. The van der Waals surface area contributed by atoms with E-state index in [2.05, 4.69) is 0 Å². The van der Waals surface area contributed by atoms with E-state index in [4.69, 9.17) is 5.73 Å². The number of nitrogens with two attached hydrogens (primary N) is 1. The van der Waals surface area contributed by atoms with Crippen LogP contribution in [0.1, 0.15) is 19.4 Å². The molecular formula is C11H13FN2O2. The maximum atomic E-state index is 13.3. The van der Waals surface area contributed by atoms with Crippen LogP contribution in [0.5, 0.6) is 0 Å². The van der Waals surface area contributed by atoms with Gasteiger partial charge in [-0.3, -0.25) is 10.1 Å². The molecule has 16 heavy (non-hydrogen) atoms. The third-order valence-corrected chi connectivity index (χ3v) is 2.29. The summed E-state index contributed by atoms with van der Waals surface area (Å²) in [6.45, 7) is 3.52. The molecule has 0 aliphatic rings. The molecule has 2 N–H and O–H groups in total. The SMILES string of the molecule is C/C(=C\c1cc([N+](=O)[O-])ccc1F)C(C)N. The lowest BCUT2D eigenvalue weighted by atomic mass is 10.1. The molecule has 0 bridgehead atoms. The van der Waals surface area contributed by atoms with Gasteiger partial charge in [-0.2, -0.15) is 0 Å². The molecule has 0 radical (unpaired) electrons. The molecule has 5 heteroatoms. The highest BCUT2D eigenvalue weighted by molar-refractivity contribution is 5.57. The molecule has 0 saturated heterocycles. The van der Waals surface area contributed by atoms with Gasteiger partial charge in [0.1, 0.15) is 5.82 Å². The van der Waals surface area contributed by atoms with E-state index >= 15 is 0 Å². The van der Waals surface area contributed by atoms with Gasteiger partial charge in [0.05, 0.1) is 4.92 Å². The zero-order valence-electron chi connectivity index (χ0n) is 9.11. The van der Waals surface area contributed by atoms with Crippen LogP contribution in [0.15, 0.2) is 23.8 Å². The number of hydrogen-bond donors (Lipinski definition) is 1. The number of benzene rings is 1. The van der Waals surface area contributed by atoms with E-state index in [1.54, 1.807) is 13.8 Å². The van der Waals surface area contributed by atoms with Crippen LogP contribution in [0.25, 0.3) is 6.08 Å². The molecule has 0 aromatic heterocycles. The van der Waals surface area contributed by atoms with Crippen molar-refractivity contribution < 1.29 is 9.31 Å². The van der Waals surface area contributed by atoms with Crippen molar-refractivity contribution in [2.24, 2.45) is 5.73 Å². The van der Waals surface area contributed by atoms with E-state index in [0.29, 0.717) is 0 Å². The Morgan fingerprint density at radius 1 is 1.62 bits per heavy atom. The van der Waals surface area contributed by atoms with Crippen LogP contribution in [0.4, 0.5) is 10.1 Å². The second-order valence-corrected chi connectivity index (χ2v) is 3.64. The lowest BCUT2D eigenvalue weighted by Gasteiger charge is -2.05. The minimum absolute atomic E-state index is 0.134. The van der Waals surface area contributed by atoms with Gasteiger partial charge in [0.2, 0.25) is 0 Å². The summed E-state index contributed by atoms with van der Waals surface area (Å²) >= 11 is 0. The molecule has 4 nitrogen and oxygen atoms in total. The van der Waals surface area contributed by atoms with Crippen LogP contribution in [0, 0.1) is 15.9 Å². The van der Waals surface area contributed by atoms with E-state index in [-0.39, 0.29) is 17.3 Å². The fourth-order valence-corrected chi connectivity index (χ4v) is 1.13. The third-order valence-electron chi connectivity index (χ3n) is 2.29. The average Bonchev–Trinajstić information content (AvgIpc) is 2.20. The highest BCUT2D eigenvalue weighted by Crippen LogP contribution is 2.19. The summed E-state index contributed by atoms with van der Waals surface area (Å²) in [6, 6.07) is 3.20. The van der Waals surface area contributed by atoms with Gasteiger partial charge in [-0.05, 0) is 19.9 Å². The lowest BCUT2D eigenvalue weighted by molar-refractivity contribution is -0.384. The Morgan fingerprint density at radius 3 is 2.75 bits per heavy atom. The molecule has 0 heterocycles. The number of hydrogen-bond acceptors (Lipinski definition) is 3. The number of non-ortho nitro benzene ring substituents is 1. The zero-order valence-corrected chi connectivity index (χ0v) is 9.11. The molecule has 0 spiro atoms. The van der Waals surface area contributed by atoms with Crippen molar-refractivity contribution in [3.05, 3.63) is 45.3 Å². The maximum Gasteiger partial charge on any atom is 0.270 e. The van der Waals surface area contributed by atoms with Crippen LogP contribution in [-0.4, -0.2) is 11.0 Å². The van der Waals surface area contributed by atoms with Crippen molar-refractivity contribution in [3.63, 3.8) is 0 Å². The molecule has 0 aliphatic carbocycles. The predicted octanol–water partition coefficient (Wildman–Crippen LogP) is 2.48. The average molecular weight is 224 g/mol. The first-order chi connectivity index (χ1) is 7.41. The van der Waals surface area contributed by atoms with Crippen molar-refractivity contribution in [1.29, 1.82) is 0 Å². The fourth-order valence-electron chi connectivity index (χ4n) is 1.13. The Labute approximate surface area is 92.7 Å². The molecule has 0 fully saturated rings. The quantitative estimate of drug-likeness (QED) is 0.633. The first kappa shape index (κ1) is 12.3. The summed E-state index contributed by atoms with van der Waals surface area (Å²) in [5.74, 6) is -0.495. The molecular weight excluding hydrogens is 211 g/mol. The summed E-state index contributed by atoms with van der Waals surface area (Å²) in [7, 11) is 0. The van der Waals surface area contributed by atoms with Gasteiger partial charge in [-0.25, -0.2) is 4.39 Å². The van der Waals surface area contributed by atoms with Gasteiger partial charge in [-0.1, -0.05) is 11.6 Å². The minimum atomic E-state index is -0.558. The molecule has 86 valence electrons. The second-order valence-electron chi connectivity index (χ2n) is 3.64. The number of nitro groups is 1. The summed E-state index contributed by atoms with van der Waals surface area (Å²) < 4.78 is 13.3. The first-order valence-electron chi connectivity index (χ1n) is 4.79. The molecule has 0 saturated carbocycles. The maximum absolute atomic E-state index is 13.3. The predicted molar refractivity (Wildman–Crippen MR) is 60.4 cm³/mol. The number of rotatable bonds is 3. The van der Waals surface area contributed by atoms with E-state index in [9.17, 15) is 14.5 Å². The Hall–Kier alpha value is -1.75. The Bertz CT molecular complexity index is 442. The van der Waals surface area contributed by atoms with Gasteiger partial charge in [0.25, 0.3) is 5.69 Å². The number of nitrogens with zero attached hydrogens (tertiary/aromatic N) is 1. The Kier molecular flexibility index (Phi) is 3.73. The zero-order chi connectivity index (χ0) is 12.3. The van der Waals surface area contributed by atoms with Gasteiger partial charge < -0.3 is 5.73 Å². The summed E-state index contributed by atoms with van der Waals surface area (Å²) in [5.41, 5.74) is 6.42. The van der Waals surface area contributed by atoms with Crippen LogP contribution >= 0.6 is 0 Å². The molecule has 1 aromatic carbocycles. The molecule has 0 aliphatic heterocycles. The van der Waals surface area contributed by atoms with Gasteiger partial charge in [-0.15, -0.1) is 0 Å². The van der Waals surface area contributed by atoms with E-state index < -0.39 is 10.7 Å². The van der Waals surface area contributed by atoms with Gasteiger partial charge in [0.15, 0.2) is 0 Å². The van der Waals surface area contributed by atoms with Crippen LogP contribution < -0.4 is 5.73 Å². The highest BCUT2D eigenvalue weighted by atomic mass is 19.1. The van der Waals surface area contributed by atoms with Crippen LogP contribution in [-0.2, 0) is 0 Å². The molecule has 1 unspecified atom stereocenters. The van der Waals surface area contributed by atoms with Crippen molar-refractivity contribution >= 4 is 11.8 Å². The van der Waals surface area contributed by atoms with Gasteiger partial charge >= 0.3 is 0 Å². The van der Waals surface area contributed by atoms with Crippen LogP contribution in [0.3, 0.4) is 0 Å². The molecule has 0 amide bonds. The van der Waals surface area contributed by atoms with Crippen LogP contribution in [0.2, 0.25) is 0 Å². The van der Waals surface area contributed by atoms with Crippen molar-refractivity contribution in [2.75, 3.05) is 0 Å². The number of nitro benzene ring substituents is 1. The summed E-state index contributed by atoms with van der Waals surface area (Å²) in [4.78, 5) is 9.96. The van der Waals surface area contributed by atoms with E-state index in [1.165, 1.54) is 12.1 Å². The minimum Gasteiger partial charge on any atom is -0.324 e. The fraction of sp³-hybridized carbons (Fsp3) is 0.273. The monoisotopic (exact) mass is 224 g/mol. The molecule has 1 aromatic rings. The lowest BCUT2D eigenvalue weighted by Crippen LogP contribution is -2.15. The van der Waals surface area contributed by atoms with E-state index in [1.807, 2.05) is 0 Å². The Morgan fingerprint density at radius 2 is 2.25 bits per heavy atom. The normalized spacial score (nSPS) is 13.6. The highest BCUT2D eigenvalue weighted by Gasteiger charge is 2.09. The first-order valence-corrected chi connectivity index (χ1v) is 4.79. The smallest absolute Gasteiger partial charge is 0.270 e. The largest absolute Gasteiger partial charge is 0.324 e. The van der Waals surface area contributed by atoms with Crippen molar-refractivity contribution in [2.45, 2.75) is 19.9 Å². The second kappa shape index (κ2) is 4.85. The molecule has 1 rings (SSSR count). The van der Waals surface area contributed by atoms with Gasteiger partial charge in [0, 0.05) is 23.7 Å². The van der Waals surface area contributed by atoms with Crippen molar-refractivity contribution in [3.8, 4) is 0 Å². The number of halogens is 1. The molecule has 1 atom stereocenters. The summed E-state index contributed by atoms with van der Waals surface area (Å²) in [5, 5.41) is 10.5. The standard InChI is InChI=1S/C11H13FN2O2/c1-7(8(2)13)5-9-6-10(14(15)16)3-4-11(9)12/h3-6,8H,13H2,1-2H3/b7-5+. The Balaban J connectivity index is 3.18.